The minimum absolute atomic E-state index is 0.462. The number of rotatable bonds is 4. The van der Waals surface area contributed by atoms with Gasteiger partial charge in [-0.2, -0.15) is 5.26 Å². The lowest BCUT2D eigenvalue weighted by Crippen LogP contribution is -2.27. The molecular weight excluding hydrogens is 257 g/mol. The van der Waals surface area contributed by atoms with E-state index >= 15 is 0 Å². The summed E-state index contributed by atoms with van der Waals surface area (Å²) in [5, 5.41) is 9.64. The van der Waals surface area contributed by atoms with Gasteiger partial charge in [0, 0.05) is 12.6 Å². The molecule has 0 bridgehead atoms. The number of benzene rings is 1. The molecule has 0 atom stereocenters. The highest BCUT2D eigenvalue weighted by atomic mass is 35.5. The molecule has 3 nitrogen and oxygen atoms in total. The molecule has 0 heterocycles. The summed E-state index contributed by atoms with van der Waals surface area (Å²) < 4.78 is 0. The number of anilines is 2. The number of hydrogen-bond donors (Lipinski definition) is 1. The number of nitrogens with zero attached hydrogens (tertiary/aromatic N) is 2. The van der Waals surface area contributed by atoms with Crippen LogP contribution in [0.3, 0.4) is 0 Å². The predicted molar refractivity (Wildman–Crippen MR) is 71.5 cm³/mol. The summed E-state index contributed by atoms with van der Waals surface area (Å²) in [6.45, 7) is 0.684. The van der Waals surface area contributed by atoms with Crippen molar-refractivity contribution in [1.29, 1.82) is 5.26 Å². The first-order valence-corrected chi connectivity index (χ1v) is 6.27. The van der Waals surface area contributed by atoms with Gasteiger partial charge in [0.2, 0.25) is 0 Å². The number of hydrogen-bond acceptors (Lipinski definition) is 3. The summed E-state index contributed by atoms with van der Waals surface area (Å²) in [5.74, 6) is 0. The summed E-state index contributed by atoms with van der Waals surface area (Å²) in [6.07, 6.45) is 2.77. The Labute approximate surface area is 111 Å². The van der Waals surface area contributed by atoms with Crippen LogP contribution >= 0.6 is 23.2 Å². The molecule has 2 N–H and O–H groups in total. The van der Waals surface area contributed by atoms with Gasteiger partial charge in [0.25, 0.3) is 0 Å². The predicted octanol–water partition coefficient (Wildman–Crippen LogP) is 3.46. The van der Waals surface area contributed by atoms with E-state index in [0.29, 0.717) is 34.7 Å². The molecule has 5 heteroatoms. The first kappa shape index (κ1) is 12.3. The maximum Gasteiger partial charge on any atom is 0.0640 e. The van der Waals surface area contributed by atoms with E-state index in [1.807, 2.05) is 0 Å². The zero-order chi connectivity index (χ0) is 12.4. The standard InChI is InChI=1S/C12H13Cl2N3/c13-9-6-11(16)12(7-10(9)14)17(5-1-4-15)8-2-3-8/h6-8H,1-3,5,16H2. The van der Waals surface area contributed by atoms with Gasteiger partial charge in [-0.3, -0.25) is 0 Å². The summed E-state index contributed by atoms with van der Waals surface area (Å²) in [4.78, 5) is 2.15. The third kappa shape index (κ3) is 2.77. The quantitative estimate of drug-likeness (QED) is 0.852. The molecule has 2 rings (SSSR count). The van der Waals surface area contributed by atoms with Gasteiger partial charge in [0.05, 0.1) is 33.9 Å². The van der Waals surface area contributed by atoms with E-state index in [1.165, 1.54) is 0 Å². The lowest BCUT2D eigenvalue weighted by molar-refractivity contribution is 0.794. The molecule has 0 spiro atoms. The highest BCUT2D eigenvalue weighted by molar-refractivity contribution is 6.42. The molecule has 1 aliphatic carbocycles. The molecule has 1 saturated carbocycles. The Bertz CT molecular complexity index is 464. The maximum atomic E-state index is 8.68. The van der Waals surface area contributed by atoms with Crippen LogP contribution in [0.5, 0.6) is 0 Å². The molecule has 90 valence electrons. The van der Waals surface area contributed by atoms with E-state index in [2.05, 4.69) is 11.0 Å². The van der Waals surface area contributed by atoms with E-state index in [0.717, 1.165) is 18.5 Å². The van der Waals surface area contributed by atoms with E-state index in [9.17, 15) is 0 Å². The van der Waals surface area contributed by atoms with Crippen LogP contribution in [0.1, 0.15) is 19.3 Å². The van der Waals surface area contributed by atoms with Gasteiger partial charge in [-0.25, -0.2) is 0 Å². The molecule has 1 aliphatic rings. The number of nitrogens with two attached hydrogens (primary N) is 1. The second-order valence-corrected chi connectivity index (χ2v) is 4.97. The monoisotopic (exact) mass is 269 g/mol. The van der Waals surface area contributed by atoms with Gasteiger partial charge in [0.15, 0.2) is 0 Å². The van der Waals surface area contributed by atoms with E-state index in [1.54, 1.807) is 12.1 Å². The first-order chi connectivity index (χ1) is 8.13. The summed E-state index contributed by atoms with van der Waals surface area (Å²) in [5.41, 5.74) is 7.46. The van der Waals surface area contributed by atoms with Crippen molar-refractivity contribution in [2.24, 2.45) is 0 Å². The molecule has 17 heavy (non-hydrogen) atoms. The second-order valence-electron chi connectivity index (χ2n) is 4.16. The number of nitriles is 1. The van der Waals surface area contributed by atoms with Crippen LogP contribution in [0.15, 0.2) is 12.1 Å². The molecule has 0 amide bonds. The average Bonchev–Trinajstić information content (AvgIpc) is 3.10. The zero-order valence-corrected chi connectivity index (χ0v) is 10.8. The topological polar surface area (TPSA) is 53.0 Å². The first-order valence-electron chi connectivity index (χ1n) is 5.51. The molecule has 1 fully saturated rings. The normalized spacial score (nSPS) is 14.4. The molecule has 0 unspecified atom stereocenters. The fourth-order valence-corrected chi connectivity index (χ4v) is 2.19. The van der Waals surface area contributed by atoms with E-state index in [4.69, 9.17) is 34.2 Å². The Morgan fingerprint density at radius 3 is 2.59 bits per heavy atom. The van der Waals surface area contributed by atoms with Gasteiger partial charge in [-0.15, -0.1) is 0 Å². The largest absolute Gasteiger partial charge is 0.397 e. The van der Waals surface area contributed by atoms with Crippen molar-refractivity contribution in [3.63, 3.8) is 0 Å². The Kier molecular flexibility index (Phi) is 3.66. The zero-order valence-electron chi connectivity index (χ0n) is 9.29. The Balaban J connectivity index is 2.29. The summed E-state index contributed by atoms with van der Waals surface area (Å²) in [6, 6.07) is 6.10. The molecule has 0 saturated heterocycles. The highest BCUT2D eigenvalue weighted by Crippen LogP contribution is 2.38. The Morgan fingerprint density at radius 2 is 2.00 bits per heavy atom. The molecule has 0 aromatic heterocycles. The van der Waals surface area contributed by atoms with Gasteiger partial charge < -0.3 is 10.6 Å². The van der Waals surface area contributed by atoms with Gasteiger partial charge in [0.1, 0.15) is 0 Å². The van der Waals surface area contributed by atoms with Crippen LogP contribution in [-0.4, -0.2) is 12.6 Å². The van der Waals surface area contributed by atoms with Crippen molar-refractivity contribution < 1.29 is 0 Å². The van der Waals surface area contributed by atoms with Crippen LogP contribution in [0.4, 0.5) is 11.4 Å². The average molecular weight is 270 g/mol. The van der Waals surface area contributed by atoms with E-state index < -0.39 is 0 Å². The van der Waals surface area contributed by atoms with Crippen molar-refractivity contribution in [3.8, 4) is 6.07 Å². The van der Waals surface area contributed by atoms with Crippen molar-refractivity contribution in [3.05, 3.63) is 22.2 Å². The van der Waals surface area contributed by atoms with Crippen molar-refractivity contribution in [1.82, 2.24) is 0 Å². The van der Waals surface area contributed by atoms with Gasteiger partial charge >= 0.3 is 0 Å². The summed E-state index contributed by atoms with van der Waals surface area (Å²) >= 11 is 11.9. The van der Waals surface area contributed by atoms with Crippen molar-refractivity contribution >= 4 is 34.6 Å². The molecule has 1 aromatic carbocycles. The minimum atomic E-state index is 0.462. The fourth-order valence-electron chi connectivity index (χ4n) is 1.86. The molecule has 0 aliphatic heterocycles. The molecular formula is C12H13Cl2N3. The highest BCUT2D eigenvalue weighted by Gasteiger charge is 2.30. The fraction of sp³-hybridized carbons (Fsp3) is 0.417. The third-order valence-electron chi connectivity index (χ3n) is 2.83. The minimum Gasteiger partial charge on any atom is -0.397 e. The van der Waals surface area contributed by atoms with Crippen LogP contribution in [0.25, 0.3) is 0 Å². The molecule has 1 aromatic rings. The smallest absolute Gasteiger partial charge is 0.0640 e. The van der Waals surface area contributed by atoms with Crippen molar-refractivity contribution in [2.45, 2.75) is 25.3 Å². The van der Waals surface area contributed by atoms with Crippen LogP contribution in [-0.2, 0) is 0 Å². The Morgan fingerprint density at radius 1 is 1.35 bits per heavy atom. The third-order valence-corrected chi connectivity index (χ3v) is 3.55. The lowest BCUT2D eigenvalue weighted by atomic mass is 10.2. The second kappa shape index (κ2) is 5.03. The number of nitrogen functional groups attached to an aromatic ring is 1. The SMILES string of the molecule is N#CCCN(c1cc(Cl)c(Cl)cc1N)C1CC1. The van der Waals surface area contributed by atoms with Gasteiger partial charge in [-0.1, -0.05) is 23.2 Å². The van der Waals surface area contributed by atoms with Crippen molar-refractivity contribution in [2.75, 3.05) is 17.2 Å². The Hall–Kier alpha value is -1.11. The molecule has 0 radical (unpaired) electrons. The van der Waals surface area contributed by atoms with Gasteiger partial charge in [-0.05, 0) is 25.0 Å². The van der Waals surface area contributed by atoms with Crippen LogP contribution in [0.2, 0.25) is 10.0 Å². The summed E-state index contributed by atoms with van der Waals surface area (Å²) in [7, 11) is 0. The van der Waals surface area contributed by atoms with Crippen LogP contribution in [0, 0.1) is 11.3 Å². The maximum absolute atomic E-state index is 8.68. The lowest BCUT2D eigenvalue weighted by Gasteiger charge is -2.25. The number of halogens is 2. The van der Waals surface area contributed by atoms with E-state index in [-0.39, 0.29) is 0 Å². The van der Waals surface area contributed by atoms with Crippen LogP contribution < -0.4 is 10.6 Å².